The molecule has 0 spiro atoms. The van der Waals surface area contributed by atoms with Gasteiger partial charge in [0.05, 0.1) is 5.56 Å². The molecule has 4 N–H and O–H groups in total. The number of carbonyl (C=O) groups excluding carboxylic acids is 3. The first-order valence-electron chi connectivity index (χ1n) is 15.2. The van der Waals surface area contributed by atoms with Crippen molar-refractivity contribution in [1.82, 2.24) is 0 Å². The molecule has 4 aliphatic rings. The van der Waals surface area contributed by atoms with E-state index >= 15 is 0 Å². The number of Topliss-reactive ketones (excluding diaryl/α,β-unsaturated/α-hetero) is 3. The van der Waals surface area contributed by atoms with E-state index in [1.54, 1.807) is 6.92 Å². The van der Waals surface area contributed by atoms with Crippen LogP contribution in [0.2, 0.25) is 0 Å². The van der Waals surface area contributed by atoms with Gasteiger partial charge >= 0.3 is 0 Å². The Balaban J connectivity index is 1.66. The van der Waals surface area contributed by atoms with Crippen LogP contribution in [0.1, 0.15) is 103 Å². The highest BCUT2D eigenvalue weighted by Gasteiger charge is 2.71. The number of fused-ring (bicyclic) bond motifs is 3. The summed E-state index contributed by atoms with van der Waals surface area (Å²) in [6.45, 7) is 14.9. The van der Waals surface area contributed by atoms with Gasteiger partial charge in [0.2, 0.25) is 5.78 Å². The molecule has 0 aromatic heterocycles. The van der Waals surface area contributed by atoms with Gasteiger partial charge < -0.3 is 20.4 Å². The fraction of sp³-hybridized carbons (Fsp3) is 0.528. The molecule has 0 aliphatic heterocycles. The van der Waals surface area contributed by atoms with Gasteiger partial charge in [0.1, 0.15) is 22.8 Å². The summed E-state index contributed by atoms with van der Waals surface area (Å²) in [5, 5.41) is 46.3. The maximum atomic E-state index is 14.3. The summed E-state index contributed by atoms with van der Waals surface area (Å²) >= 11 is 0. The van der Waals surface area contributed by atoms with Gasteiger partial charge in [0, 0.05) is 22.3 Å². The Morgan fingerprint density at radius 1 is 1.07 bits per heavy atom. The lowest BCUT2D eigenvalue weighted by atomic mass is 9.44. The fourth-order valence-electron chi connectivity index (χ4n) is 8.51. The first kappa shape index (κ1) is 31.0. The van der Waals surface area contributed by atoms with Crippen molar-refractivity contribution in [2.24, 2.45) is 28.1 Å². The lowest BCUT2D eigenvalue weighted by molar-refractivity contribution is -0.171. The second-order valence-electron chi connectivity index (χ2n) is 15.2. The summed E-state index contributed by atoms with van der Waals surface area (Å²) in [7, 11) is 0. The Morgan fingerprint density at radius 2 is 1.72 bits per heavy atom. The molecule has 1 aromatic carbocycles. The third kappa shape index (κ3) is 4.37. The average Bonchev–Trinajstić information content (AvgIpc) is 3.33. The van der Waals surface area contributed by atoms with E-state index in [9.17, 15) is 34.8 Å². The number of phenolic OH excluding ortho intramolecular Hbond substituents is 1. The van der Waals surface area contributed by atoms with Crippen molar-refractivity contribution >= 4 is 22.9 Å². The van der Waals surface area contributed by atoms with Crippen LogP contribution in [0.5, 0.6) is 5.75 Å². The molecule has 0 bridgehead atoms. The molecule has 43 heavy (non-hydrogen) atoms. The van der Waals surface area contributed by atoms with Crippen LogP contribution in [-0.4, -0.2) is 43.4 Å². The number of aliphatic hydroxyl groups is 3. The first-order chi connectivity index (χ1) is 19.8. The Labute approximate surface area is 253 Å². The van der Waals surface area contributed by atoms with E-state index in [-0.39, 0.29) is 46.8 Å². The van der Waals surface area contributed by atoms with Crippen LogP contribution in [-0.2, 0) is 16.0 Å². The van der Waals surface area contributed by atoms with Crippen molar-refractivity contribution in [2.45, 2.75) is 93.1 Å². The van der Waals surface area contributed by atoms with Crippen LogP contribution in [0.15, 0.2) is 52.5 Å². The minimum absolute atomic E-state index is 0.0571. The molecule has 4 aliphatic carbocycles. The van der Waals surface area contributed by atoms with E-state index in [1.165, 1.54) is 11.6 Å². The van der Waals surface area contributed by atoms with Crippen molar-refractivity contribution in [2.75, 3.05) is 0 Å². The molecular weight excluding hydrogens is 544 g/mol. The van der Waals surface area contributed by atoms with Gasteiger partial charge in [-0.15, -0.1) is 0 Å². The number of ketones is 3. The van der Waals surface area contributed by atoms with Gasteiger partial charge in [0.25, 0.3) is 0 Å². The van der Waals surface area contributed by atoms with Gasteiger partial charge in [0.15, 0.2) is 17.2 Å². The van der Waals surface area contributed by atoms with E-state index in [0.717, 1.165) is 37.3 Å². The second kappa shape index (κ2) is 9.78. The topological polar surface area (TPSA) is 132 Å². The van der Waals surface area contributed by atoms with Gasteiger partial charge in [-0.05, 0) is 73.1 Å². The molecule has 0 fully saturated rings. The summed E-state index contributed by atoms with van der Waals surface area (Å²) in [5.74, 6) is -5.05. The molecule has 1 aromatic rings. The summed E-state index contributed by atoms with van der Waals surface area (Å²) in [6.07, 6.45) is 7.29. The Bertz CT molecular complexity index is 1590. The number of rotatable bonds is 5. The molecule has 7 nitrogen and oxygen atoms in total. The monoisotopic (exact) mass is 588 g/mol. The molecule has 230 valence electrons. The van der Waals surface area contributed by atoms with E-state index in [1.807, 2.05) is 26.8 Å². The fourth-order valence-corrected chi connectivity index (χ4v) is 8.51. The number of aromatic hydroxyl groups is 1. The van der Waals surface area contributed by atoms with Crippen molar-refractivity contribution in [3.05, 3.63) is 69.2 Å². The minimum atomic E-state index is -2.61. The zero-order valence-electron chi connectivity index (χ0n) is 26.5. The van der Waals surface area contributed by atoms with Crippen LogP contribution in [0, 0.1) is 28.1 Å². The normalized spacial score (nSPS) is 30.7. The molecular formula is C36H44O7. The number of allylic oxidation sites excluding steroid dienone is 6. The van der Waals surface area contributed by atoms with Crippen molar-refractivity contribution < 1.29 is 34.8 Å². The Morgan fingerprint density at radius 3 is 2.30 bits per heavy atom. The molecule has 5 rings (SSSR count). The van der Waals surface area contributed by atoms with E-state index in [0.29, 0.717) is 5.56 Å². The van der Waals surface area contributed by atoms with Crippen LogP contribution in [0.25, 0.3) is 5.57 Å². The number of phenols is 1. The summed E-state index contributed by atoms with van der Waals surface area (Å²) in [4.78, 5) is 40.7. The zero-order valence-corrected chi connectivity index (χ0v) is 26.5. The van der Waals surface area contributed by atoms with Gasteiger partial charge in [-0.3, -0.25) is 14.4 Å². The van der Waals surface area contributed by atoms with E-state index in [4.69, 9.17) is 0 Å². The molecule has 0 radical (unpaired) electrons. The van der Waals surface area contributed by atoms with Crippen LogP contribution in [0.3, 0.4) is 0 Å². The van der Waals surface area contributed by atoms with Crippen molar-refractivity contribution in [1.29, 1.82) is 0 Å². The minimum Gasteiger partial charge on any atom is -0.511 e. The average molecular weight is 589 g/mol. The van der Waals surface area contributed by atoms with E-state index in [2.05, 4.69) is 32.9 Å². The summed E-state index contributed by atoms with van der Waals surface area (Å²) in [5.41, 5.74) is -1.63. The number of benzene rings is 1. The highest BCUT2D eigenvalue weighted by Crippen LogP contribution is 2.65. The van der Waals surface area contributed by atoms with Crippen molar-refractivity contribution in [3.8, 4) is 5.75 Å². The number of aliphatic hydroxyl groups excluding tert-OH is 2. The zero-order chi connectivity index (χ0) is 32.0. The van der Waals surface area contributed by atoms with E-state index < -0.39 is 51.0 Å². The molecule has 1 unspecified atom stereocenters. The number of carbonyl (C=O) groups is 3. The summed E-state index contributed by atoms with van der Waals surface area (Å²) in [6, 6.07) is 3.32. The third-order valence-electron chi connectivity index (χ3n) is 10.4. The molecule has 0 saturated carbocycles. The molecule has 4 atom stereocenters. The predicted octanol–water partition coefficient (Wildman–Crippen LogP) is 6.89. The van der Waals surface area contributed by atoms with Gasteiger partial charge in [-0.2, -0.15) is 0 Å². The standard InChI is InChI=1S/C36H44O7/c1-18(2)27-29(39)25(19(3)37)31(41)36(43)32(42)28-30(40)26-23(16-34(28,7)17-35(27,36)8)22(11-12-24(26)38)21-10-9-20(15-21)13-14-33(4,5)6/h9-12,18,27,38-39,42-43H,13-17H2,1-8H3/t27?,34-,35-,36+/m1/s1. The Kier molecular flexibility index (Phi) is 7.05. The SMILES string of the molecule is CC(=O)C1=C(O)C(C(C)C)[C@@]2(C)C[C@@]3(C)Cc4c(C5=CC=C(CCC(C)(C)C)C5)ccc(O)c4C(=O)C3=C(O)[C@@]2(O)C1=O. The smallest absolute Gasteiger partial charge is 0.209 e. The lowest BCUT2D eigenvalue weighted by Crippen LogP contribution is -2.67. The predicted molar refractivity (Wildman–Crippen MR) is 165 cm³/mol. The second-order valence-corrected chi connectivity index (χ2v) is 15.2. The Hall–Kier alpha value is -3.45. The highest BCUT2D eigenvalue weighted by molar-refractivity contribution is 6.25. The number of hydrogen-bond donors (Lipinski definition) is 4. The van der Waals surface area contributed by atoms with Gasteiger partial charge in [-0.1, -0.05) is 72.3 Å². The maximum Gasteiger partial charge on any atom is 0.209 e. The lowest BCUT2D eigenvalue weighted by Gasteiger charge is -2.59. The first-order valence-corrected chi connectivity index (χ1v) is 15.2. The van der Waals surface area contributed by atoms with Crippen LogP contribution < -0.4 is 0 Å². The van der Waals surface area contributed by atoms with Crippen LogP contribution in [0.4, 0.5) is 0 Å². The molecule has 0 amide bonds. The van der Waals surface area contributed by atoms with Crippen molar-refractivity contribution in [3.63, 3.8) is 0 Å². The van der Waals surface area contributed by atoms with Gasteiger partial charge in [-0.25, -0.2) is 0 Å². The van der Waals surface area contributed by atoms with Crippen LogP contribution >= 0.6 is 0 Å². The largest absolute Gasteiger partial charge is 0.511 e. The molecule has 7 heteroatoms. The summed E-state index contributed by atoms with van der Waals surface area (Å²) < 4.78 is 0. The quantitative estimate of drug-likeness (QED) is 0.276. The molecule has 0 heterocycles. The molecule has 0 saturated heterocycles. The highest BCUT2D eigenvalue weighted by atomic mass is 16.3. The third-order valence-corrected chi connectivity index (χ3v) is 10.4. The maximum absolute atomic E-state index is 14.3. The number of hydrogen-bond acceptors (Lipinski definition) is 7.